The number of rotatable bonds is 5. The van der Waals surface area contributed by atoms with Crippen LogP contribution >= 0.6 is 0 Å². The fraction of sp³-hybridized carbons (Fsp3) is 0.0417. The Bertz CT molecular complexity index is 3000. The summed E-state index contributed by atoms with van der Waals surface area (Å²) < 4.78 is 4.83. The number of nitrogens with two attached hydrogens (primary N) is 2. The topological polar surface area (TPSA) is 61.9 Å². The zero-order valence-corrected chi connectivity index (χ0v) is 28.8. The Morgan fingerprint density at radius 2 is 1.23 bits per heavy atom. The van der Waals surface area contributed by atoms with Crippen molar-refractivity contribution in [2.24, 2.45) is 11.5 Å². The minimum Gasteiger partial charge on any atom is -0.404 e. The van der Waals surface area contributed by atoms with Gasteiger partial charge >= 0.3 is 0 Å². The molecular formula is C48H36N4. The fourth-order valence-corrected chi connectivity index (χ4v) is 8.53. The highest BCUT2D eigenvalue weighted by Crippen LogP contribution is 2.43. The van der Waals surface area contributed by atoms with Crippen molar-refractivity contribution in [1.82, 2.24) is 9.13 Å². The number of benzene rings is 7. The molecule has 4 N–H and O–H groups in total. The zero-order chi connectivity index (χ0) is 34.9. The van der Waals surface area contributed by atoms with Crippen LogP contribution in [0.15, 0.2) is 170 Å². The summed E-state index contributed by atoms with van der Waals surface area (Å²) in [5.41, 5.74) is 27.4. The Morgan fingerprint density at radius 3 is 2.00 bits per heavy atom. The van der Waals surface area contributed by atoms with E-state index in [0.717, 1.165) is 33.7 Å². The van der Waals surface area contributed by atoms with Gasteiger partial charge in [-0.1, -0.05) is 103 Å². The van der Waals surface area contributed by atoms with Gasteiger partial charge in [0.1, 0.15) is 0 Å². The summed E-state index contributed by atoms with van der Waals surface area (Å²) in [7, 11) is 0. The highest BCUT2D eigenvalue weighted by molar-refractivity contribution is 6.15. The van der Waals surface area contributed by atoms with E-state index in [2.05, 4.69) is 161 Å². The van der Waals surface area contributed by atoms with E-state index >= 15 is 0 Å². The predicted molar refractivity (Wildman–Crippen MR) is 220 cm³/mol. The molecule has 9 aromatic rings. The van der Waals surface area contributed by atoms with Crippen LogP contribution in [0, 0.1) is 0 Å². The Balaban J connectivity index is 1.17. The van der Waals surface area contributed by atoms with E-state index in [1.165, 1.54) is 71.1 Å². The third-order valence-electron chi connectivity index (χ3n) is 10.9. The van der Waals surface area contributed by atoms with Crippen LogP contribution in [0.25, 0.3) is 82.3 Å². The van der Waals surface area contributed by atoms with Gasteiger partial charge in [0, 0.05) is 62.3 Å². The molecule has 0 saturated heterocycles. The number of nitrogens with zero attached hydrogens (tertiary/aromatic N) is 2. The molecule has 2 aromatic heterocycles. The second-order valence-corrected chi connectivity index (χ2v) is 13.7. The fourth-order valence-electron chi connectivity index (χ4n) is 8.53. The van der Waals surface area contributed by atoms with Crippen molar-refractivity contribution in [3.8, 4) is 16.8 Å². The molecule has 0 radical (unpaired) electrons. The lowest BCUT2D eigenvalue weighted by molar-refractivity contribution is 0.866. The van der Waals surface area contributed by atoms with Gasteiger partial charge in [-0.3, -0.25) is 0 Å². The third kappa shape index (κ3) is 4.41. The summed E-state index contributed by atoms with van der Waals surface area (Å²) in [6, 6.07) is 53.0. The number of allylic oxidation sites excluding steroid dienone is 4. The molecule has 10 rings (SSSR count). The van der Waals surface area contributed by atoms with Crippen molar-refractivity contribution in [2.75, 3.05) is 0 Å². The molecule has 248 valence electrons. The van der Waals surface area contributed by atoms with E-state index in [4.69, 9.17) is 11.5 Å². The summed E-state index contributed by atoms with van der Waals surface area (Å²) in [6.45, 7) is 2.70. The van der Waals surface area contributed by atoms with E-state index in [9.17, 15) is 0 Å². The molecule has 4 nitrogen and oxygen atoms in total. The van der Waals surface area contributed by atoms with Crippen molar-refractivity contribution >= 4 is 65.5 Å². The number of aromatic nitrogens is 2. The summed E-state index contributed by atoms with van der Waals surface area (Å²) in [5, 5.41) is 7.43. The first-order valence-corrected chi connectivity index (χ1v) is 17.8. The first kappa shape index (κ1) is 30.1. The number of para-hydroxylation sites is 2. The van der Waals surface area contributed by atoms with E-state index in [0.29, 0.717) is 6.54 Å². The van der Waals surface area contributed by atoms with E-state index in [1.807, 2.05) is 13.0 Å². The molecule has 0 bridgehead atoms. The number of hydrogen-bond acceptors (Lipinski definition) is 2. The molecule has 4 heteroatoms. The Hall–Kier alpha value is -6.78. The Labute approximate surface area is 301 Å². The van der Waals surface area contributed by atoms with Crippen LogP contribution in [0.2, 0.25) is 0 Å². The van der Waals surface area contributed by atoms with Gasteiger partial charge in [0.15, 0.2) is 0 Å². The van der Waals surface area contributed by atoms with Crippen LogP contribution in [0.5, 0.6) is 0 Å². The maximum atomic E-state index is 6.70. The van der Waals surface area contributed by atoms with Crippen LogP contribution in [-0.2, 0) is 6.54 Å². The molecule has 1 aliphatic rings. The maximum absolute atomic E-state index is 6.70. The minimum atomic E-state index is 0.680. The Morgan fingerprint density at radius 1 is 0.577 bits per heavy atom. The second-order valence-electron chi connectivity index (χ2n) is 13.7. The molecule has 0 saturated carbocycles. The molecule has 1 aliphatic carbocycles. The summed E-state index contributed by atoms with van der Waals surface area (Å²) in [6.07, 6.45) is 5.78. The largest absolute Gasteiger partial charge is 0.404 e. The van der Waals surface area contributed by atoms with Gasteiger partial charge in [-0.05, 0) is 100 Å². The van der Waals surface area contributed by atoms with E-state index in [-0.39, 0.29) is 0 Å². The lowest BCUT2D eigenvalue weighted by Gasteiger charge is -2.14. The zero-order valence-electron chi connectivity index (χ0n) is 28.8. The first-order chi connectivity index (χ1) is 25.6. The van der Waals surface area contributed by atoms with Crippen LogP contribution in [-0.4, -0.2) is 9.13 Å². The summed E-state index contributed by atoms with van der Waals surface area (Å²) in [4.78, 5) is 0. The monoisotopic (exact) mass is 668 g/mol. The third-order valence-corrected chi connectivity index (χ3v) is 10.9. The quantitative estimate of drug-likeness (QED) is 0.192. The molecule has 0 aliphatic heterocycles. The van der Waals surface area contributed by atoms with Crippen molar-refractivity contribution < 1.29 is 0 Å². The van der Waals surface area contributed by atoms with Crippen molar-refractivity contribution in [2.45, 2.75) is 13.5 Å². The molecule has 0 atom stereocenters. The van der Waals surface area contributed by atoms with Crippen LogP contribution < -0.4 is 11.5 Å². The molecule has 0 unspecified atom stereocenters. The molecule has 0 spiro atoms. The van der Waals surface area contributed by atoms with Crippen molar-refractivity contribution in [3.05, 3.63) is 186 Å². The standard InChI is InChI=1S/C48H36N4/c1-2-11-38-37-18-10-14-34(47(37)42(28-49)48(38)50)29-51-43-22-20-32(26-40(43)41-24-30-12-6-7-13-31(30)27-46(41)51)33-21-23-45-39(25-33)36-17-8-9-19-44(36)52(45)35-15-4-3-5-16-35/h2-28H,29,49-50H2,1H3/b11-2-,42-28+. The van der Waals surface area contributed by atoms with Gasteiger partial charge in [-0.25, -0.2) is 0 Å². The predicted octanol–water partition coefficient (Wildman–Crippen LogP) is 11.3. The highest BCUT2D eigenvalue weighted by atomic mass is 15.0. The molecule has 0 amide bonds. The van der Waals surface area contributed by atoms with E-state index < -0.39 is 0 Å². The van der Waals surface area contributed by atoms with Gasteiger partial charge in [0.2, 0.25) is 0 Å². The van der Waals surface area contributed by atoms with Gasteiger partial charge in [-0.15, -0.1) is 0 Å². The van der Waals surface area contributed by atoms with Crippen LogP contribution in [0.1, 0.15) is 23.6 Å². The number of fused-ring (bicyclic) bond motifs is 8. The lowest BCUT2D eigenvalue weighted by atomic mass is 9.97. The average Bonchev–Trinajstić information content (AvgIpc) is 3.78. The molecular weight excluding hydrogens is 633 g/mol. The Kier molecular flexibility index (Phi) is 6.74. The van der Waals surface area contributed by atoms with Crippen molar-refractivity contribution in [3.63, 3.8) is 0 Å². The van der Waals surface area contributed by atoms with Crippen molar-refractivity contribution in [1.29, 1.82) is 0 Å². The van der Waals surface area contributed by atoms with Gasteiger partial charge in [0.05, 0.1) is 16.6 Å². The van der Waals surface area contributed by atoms with Crippen LogP contribution in [0.3, 0.4) is 0 Å². The maximum Gasteiger partial charge on any atom is 0.0541 e. The molecule has 2 heterocycles. The summed E-state index contributed by atoms with van der Waals surface area (Å²) in [5.74, 6) is 0. The SMILES string of the molecule is C/C=C\C1=C(N)C(=C/N)/c2c(Cn3c4ccc(-c5ccc6c(c5)c5ccccc5n6-c5ccccc5)cc4c4cc5ccccc5cc43)cccc21. The average molecular weight is 669 g/mol. The van der Waals surface area contributed by atoms with Gasteiger partial charge in [-0.2, -0.15) is 0 Å². The molecule has 0 fully saturated rings. The van der Waals surface area contributed by atoms with Crippen LogP contribution in [0.4, 0.5) is 0 Å². The van der Waals surface area contributed by atoms with Gasteiger partial charge < -0.3 is 20.6 Å². The van der Waals surface area contributed by atoms with E-state index in [1.54, 1.807) is 6.20 Å². The lowest BCUT2D eigenvalue weighted by Crippen LogP contribution is -2.05. The molecule has 7 aromatic carbocycles. The summed E-state index contributed by atoms with van der Waals surface area (Å²) >= 11 is 0. The minimum absolute atomic E-state index is 0.680. The second kappa shape index (κ2) is 11.6. The first-order valence-electron chi connectivity index (χ1n) is 17.8. The molecule has 52 heavy (non-hydrogen) atoms. The van der Waals surface area contributed by atoms with Gasteiger partial charge in [0.25, 0.3) is 0 Å². The number of hydrogen-bond donors (Lipinski definition) is 2. The normalized spacial score (nSPS) is 14.0. The highest BCUT2D eigenvalue weighted by Gasteiger charge is 2.26. The smallest absolute Gasteiger partial charge is 0.0541 e.